The van der Waals surface area contributed by atoms with E-state index in [0.717, 1.165) is 29.8 Å². The largest absolute Gasteiger partial charge is 0.497 e. The smallest absolute Gasteiger partial charge is 0.270 e. The third-order valence-corrected chi connectivity index (χ3v) is 6.48. The van der Waals surface area contributed by atoms with Crippen LogP contribution in [0.25, 0.3) is 11.6 Å². The maximum Gasteiger partial charge on any atom is 0.270 e. The van der Waals surface area contributed by atoms with Gasteiger partial charge in [-0.3, -0.25) is 19.8 Å². The van der Waals surface area contributed by atoms with Gasteiger partial charge in [0, 0.05) is 17.8 Å². The molecule has 6 nitrogen and oxygen atoms in total. The van der Waals surface area contributed by atoms with Crippen molar-refractivity contribution in [3.63, 3.8) is 0 Å². The Morgan fingerprint density at radius 1 is 1.12 bits per heavy atom. The van der Waals surface area contributed by atoms with E-state index in [1.165, 1.54) is 10.5 Å². The highest BCUT2D eigenvalue weighted by Gasteiger charge is 2.35. The van der Waals surface area contributed by atoms with Crippen molar-refractivity contribution in [3.05, 3.63) is 65.2 Å². The van der Waals surface area contributed by atoms with Crippen LogP contribution in [0, 0.1) is 0 Å². The van der Waals surface area contributed by atoms with E-state index in [-0.39, 0.29) is 16.2 Å². The van der Waals surface area contributed by atoms with E-state index in [0.29, 0.717) is 11.4 Å². The number of nitrogens with zero attached hydrogens (tertiary/aromatic N) is 2. The summed E-state index contributed by atoms with van der Waals surface area (Å²) in [5.41, 5.74) is 4.73. The van der Waals surface area contributed by atoms with Gasteiger partial charge in [0.05, 0.1) is 18.3 Å². The molecular weight excluding hydrogens is 446 g/mol. The predicted molar refractivity (Wildman–Crippen MR) is 141 cm³/mol. The van der Waals surface area contributed by atoms with Gasteiger partial charge in [0.15, 0.2) is 5.11 Å². The summed E-state index contributed by atoms with van der Waals surface area (Å²) < 4.78 is 5.19. The SMILES string of the molecule is CCCN1c2ccc(/C=C3/C(=O)NC(=S)N(c4ccc(OC)cc4)C3=O)cc2C(C)=CC1(C)C. The highest BCUT2D eigenvalue weighted by atomic mass is 32.1. The average molecular weight is 476 g/mol. The molecule has 2 aromatic rings. The summed E-state index contributed by atoms with van der Waals surface area (Å²) >= 11 is 5.30. The molecule has 2 heterocycles. The molecule has 1 N–H and O–H groups in total. The first-order valence-electron chi connectivity index (χ1n) is 11.3. The lowest BCUT2D eigenvalue weighted by molar-refractivity contribution is -0.122. The number of benzene rings is 2. The molecule has 0 atom stereocenters. The van der Waals surface area contributed by atoms with Gasteiger partial charge in [0.2, 0.25) is 0 Å². The van der Waals surface area contributed by atoms with Gasteiger partial charge in [0.1, 0.15) is 11.3 Å². The van der Waals surface area contributed by atoms with E-state index >= 15 is 0 Å². The topological polar surface area (TPSA) is 61.9 Å². The van der Waals surface area contributed by atoms with Crippen molar-refractivity contribution >= 4 is 52.2 Å². The van der Waals surface area contributed by atoms with Crippen molar-refractivity contribution in [2.45, 2.75) is 39.7 Å². The summed E-state index contributed by atoms with van der Waals surface area (Å²) in [6.45, 7) is 9.65. The zero-order valence-corrected chi connectivity index (χ0v) is 21.0. The lowest BCUT2D eigenvalue weighted by Crippen LogP contribution is -2.54. The molecule has 2 aliphatic heterocycles. The molecule has 1 fully saturated rings. The van der Waals surface area contributed by atoms with Crippen molar-refractivity contribution in [1.29, 1.82) is 0 Å². The van der Waals surface area contributed by atoms with Crippen LogP contribution in [-0.2, 0) is 9.59 Å². The van der Waals surface area contributed by atoms with Crippen molar-refractivity contribution in [2.75, 3.05) is 23.5 Å². The zero-order chi connectivity index (χ0) is 24.6. The normalized spacial score (nSPS) is 18.6. The van der Waals surface area contributed by atoms with Crippen LogP contribution in [0.4, 0.5) is 11.4 Å². The van der Waals surface area contributed by atoms with Crippen molar-refractivity contribution in [2.24, 2.45) is 0 Å². The zero-order valence-electron chi connectivity index (χ0n) is 20.1. The molecule has 7 heteroatoms. The monoisotopic (exact) mass is 475 g/mol. The Balaban J connectivity index is 1.72. The number of nitrogens with one attached hydrogen (secondary N) is 1. The van der Waals surface area contributed by atoms with Crippen molar-refractivity contribution in [1.82, 2.24) is 5.32 Å². The quantitative estimate of drug-likeness (QED) is 0.377. The van der Waals surface area contributed by atoms with Crippen LogP contribution in [0.15, 0.2) is 54.1 Å². The number of rotatable bonds is 5. The molecule has 0 spiro atoms. The molecule has 0 saturated carbocycles. The maximum absolute atomic E-state index is 13.3. The Hall–Kier alpha value is -3.45. The first kappa shape index (κ1) is 23.7. The lowest BCUT2D eigenvalue weighted by Gasteiger charge is -2.43. The summed E-state index contributed by atoms with van der Waals surface area (Å²) in [5.74, 6) is -0.298. The second-order valence-corrected chi connectivity index (χ2v) is 9.45. The van der Waals surface area contributed by atoms with Crippen LogP contribution in [-0.4, -0.2) is 36.1 Å². The second kappa shape index (κ2) is 9.06. The number of hydrogen-bond acceptors (Lipinski definition) is 5. The van der Waals surface area contributed by atoms with E-state index in [1.807, 2.05) is 12.1 Å². The third-order valence-electron chi connectivity index (χ3n) is 6.19. The highest BCUT2D eigenvalue weighted by Crippen LogP contribution is 2.39. The Morgan fingerprint density at radius 3 is 2.47 bits per heavy atom. The minimum absolute atomic E-state index is 0.0348. The molecule has 4 rings (SSSR count). The molecule has 0 bridgehead atoms. The fraction of sp³-hybridized carbons (Fsp3) is 0.296. The van der Waals surface area contributed by atoms with Gasteiger partial charge >= 0.3 is 0 Å². The Kier molecular flexibility index (Phi) is 6.32. The Bertz CT molecular complexity index is 1230. The number of ether oxygens (including phenoxy) is 1. The van der Waals surface area contributed by atoms with Gasteiger partial charge < -0.3 is 9.64 Å². The minimum atomic E-state index is -0.501. The summed E-state index contributed by atoms with van der Waals surface area (Å²) in [6, 6.07) is 13.0. The molecule has 0 aromatic heterocycles. The molecule has 2 aromatic carbocycles. The first-order valence-corrected chi connectivity index (χ1v) is 11.7. The van der Waals surface area contributed by atoms with E-state index in [4.69, 9.17) is 17.0 Å². The fourth-order valence-corrected chi connectivity index (χ4v) is 4.89. The van der Waals surface area contributed by atoms with E-state index < -0.39 is 11.8 Å². The number of carbonyl (C=O) groups excluding carboxylic acids is 2. The lowest BCUT2D eigenvalue weighted by atomic mass is 9.87. The molecule has 34 heavy (non-hydrogen) atoms. The first-order chi connectivity index (χ1) is 16.2. The molecule has 176 valence electrons. The van der Waals surface area contributed by atoms with Gasteiger partial charge in [-0.05, 0) is 93.0 Å². The van der Waals surface area contributed by atoms with Crippen LogP contribution in [0.5, 0.6) is 5.75 Å². The number of anilines is 2. The minimum Gasteiger partial charge on any atom is -0.497 e. The summed E-state index contributed by atoms with van der Waals surface area (Å²) in [6.07, 6.45) is 4.94. The van der Waals surface area contributed by atoms with E-state index in [2.05, 4.69) is 50.1 Å². The molecule has 1 saturated heterocycles. The summed E-state index contributed by atoms with van der Waals surface area (Å²) in [5, 5.41) is 2.70. The van der Waals surface area contributed by atoms with Crippen LogP contribution in [0.1, 0.15) is 45.2 Å². The number of fused-ring (bicyclic) bond motifs is 1. The Morgan fingerprint density at radius 2 is 1.82 bits per heavy atom. The molecule has 2 aliphatic rings. The second-order valence-electron chi connectivity index (χ2n) is 9.07. The molecule has 0 radical (unpaired) electrons. The highest BCUT2D eigenvalue weighted by molar-refractivity contribution is 7.80. The van der Waals surface area contributed by atoms with Gasteiger partial charge in [-0.25, -0.2) is 0 Å². The standard InChI is InChI=1S/C27H29N3O3S/c1-6-13-29-23-12-7-18(14-21(23)17(2)16-27(29,3)4)15-22-24(31)28-26(34)30(25(22)32)19-8-10-20(33-5)11-9-19/h7-12,14-16H,6,13H2,1-5H3,(H,28,31,34)/b22-15-. The molecule has 0 unspecified atom stereocenters. The van der Waals surface area contributed by atoms with E-state index in [1.54, 1.807) is 37.5 Å². The molecule has 0 aliphatic carbocycles. The number of thiocarbonyl (C=S) groups is 1. The van der Waals surface area contributed by atoms with Gasteiger partial charge in [-0.2, -0.15) is 0 Å². The number of amides is 2. The van der Waals surface area contributed by atoms with Crippen LogP contribution >= 0.6 is 12.2 Å². The van der Waals surface area contributed by atoms with Crippen LogP contribution in [0.2, 0.25) is 0 Å². The van der Waals surface area contributed by atoms with Gasteiger partial charge in [-0.1, -0.05) is 19.1 Å². The Labute approximate surface area is 205 Å². The number of hydrogen-bond donors (Lipinski definition) is 1. The van der Waals surface area contributed by atoms with E-state index in [9.17, 15) is 9.59 Å². The number of carbonyl (C=O) groups is 2. The number of allylic oxidation sites excluding steroid dienone is 1. The van der Waals surface area contributed by atoms with Crippen molar-refractivity contribution in [3.8, 4) is 5.75 Å². The van der Waals surface area contributed by atoms with Gasteiger partial charge in [0.25, 0.3) is 11.8 Å². The average Bonchev–Trinajstić information content (AvgIpc) is 2.79. The summed E-state index contributed by atoms with van der Waals surface area (Å²) in [7, 11) is 1.57. The molecule has 2 amide bonds. The van der Waals surface area contributed by atoms with Crippen LogP contribution in [0.3, 0.4) is 0 Å². The van der Waals surface area contributed by atoms with Gasteiger partial charge in [-0.15, -0.1) is 0 Å². The van der Waals surface area contributed by atoms with Crippen molar-refractivity contribution < 1.29 is 14.3 Å². The fourth-order valence-electron chi connectivity index (χ4n) is 4.61. The molecular formula is C27H29N3O3S. The third kappa shape index (κ3) is 4.23. The number of methoxy groups -OCH3 is 1. The predicted octanol–water partition coefficient (Wildman–Crippen LogP) is 4.94. The van der Waals surface area contributed by atoms with Crippen LogP contribution < -0.4 is 19.9 Å². The maximum atomic E-state index is 13.3. The summed E-state index contributed by atoms with van der Waals surface area (Å²) in [4.78, 5) is 29.8.